The summed E-state index contributed by atoms with van der Waals surface area (Å²) in [6.45, 7) is 2.14. The minimum atomic E-state index is -0.193. The molecule has 1 fully saturated rings. The number of benzene rings is 1. The first-order valence-corrected chi connectivity index (χ1v) is 9.08. The highest BCUT2D eigenvalue weighted by molar-refractivity contribution is 7.14. The van der Waals surface area contributed by atoms with Crippen LogP contribution in [0, 0.1) is 0 Å². The van der Waals surface area contributed by atoms with Gasteiger partial charge in [0.25, 0.3) is 5.91 Å². The topological polar surface area (TPSA) is 62.3 Å². The molecule has 1 saturated heterocycles. The standard InChI is InChI=1S/C17H18ClN3O2S/c1-11(22)19-17-20-15(10-24-17)16(23)21-8-4-6-13(21)9-12-5-2-3-7-14(12)18/h2-3,5,7,10,13H,4,6,8-9H2,1H3,(H,19,20,22)/t13-/m1/s1. The van der Waals surface area contributed by atoms with Gasteiger partial charge in [0, 0.05) is 29.9 Å². The number of amides is 2. The van der Waals surface area contributed by atoms with E-state index >= 15 is 0 Å². The number of hydrogen-bond acceptors (Lipinski definition) is 4. The Morgan fingerprint density at radius 2 is 2.21 bits per heavy atom. The highest BCUT2D eigenvalue weighted by Gasteiger charge is 2.31. The highest BCUT2D eigenvalue weighted by atomic mass is 35.5. The van der Waals surface area contributed by atoms with E-state index in [2.05, 4.69) is 10.3 Å². The molecule has 0 radical (unpaired) electrons. The van der Waals surface area contributed by atoms with Gasteiger partial charge in [-0.2, -0.15) is 0 Å². The molecule has 126 valence electrons. The molecule has 1 aromatic heterocycles. The van der Waals surface area contributed by atoms with Gasteiger partial charge in [0.2, 0.25) is 5.91 Å². The molecule has 5 nitrogen and oxygen atoms in total. The number of carbonyl (C=O) groups is 2. The monoisotopic (exact) mass is 363 g/mol. The molecule has 2 heterocycles. The van der Waals surface area contributed by atoms with Crippen LogP contribution in [0.4, 0.5) is 5.13 Å². The van der Waals surface area contributed by atoms with E-state index < -0.39 is 0 Å². The first-order chi connectivity index (χ1) is 11.5. The molecule has 1 aliphatic heterocycles. The normalized spacial score (nSPS) is 17.1. The summed E-state index contributed by atoms with van der Waals surface area (Å²) in [6.07, 6.45) is 2.68. The van der Waals surface area contributed by atoms with E-state index in [-0.39, 0.29) is 17.9 Å². The van der Waals surface area contributed by atoms with Crippen LogP contribution in [0.25, 0.3) is 0 Å². The zero-order valence-corrected chi connectivity index (χ0v) is 14.9. The quantitative estimate of drug-likeness (QED) is 0.902. The number of hydrogen-bond donors (Lipinski definition) is 1. The van der Waals surface area contributed by atoms with Crippen LogP contribution in [0.15, 0.2) is 29.6 Å². The van der Waals surface area contributed by atoms with E-state index in [4.69, 9.17) is 11.6 Å². The SMILES string of the molecule is CC(=O)Nc1nc(C(=O)N2CCC[C@@H]2Cc2ccccc2Cl)cs1. The van der Waals surface area contributed by atoms with Crippen LogP contribution < -0.4 is 5.32 Å². The first-order valence-electron chi connectivity index (χ1n) is 7.82. The molecular formula is C17H18ClN3O2S. The van der Waals surface area contributed by atoms with E-state index in [9.17, 15) is 9.59 Å². The van der Waals surface area contributed by atoms with Crippen LogP contribution in [-0.2, 0) is 11.2 Å². The fraction of sp³-hybridized carbons (Fsp3) is 0.353. The summed E-state index contributed by atoms with van der Waals surface area (Å²) in [5, 5.41) is 5.49. The van der Waals surface area contributed by atoms with Crippen LogP contribution in [0.5, 0.6) is 0 Å². The Morgan fingerprint density at radius 1 is 1.42 bits per heavy atom. The fourth-order valence-corrected chi connectivity index (χ4v) is 3.90. The Kier molecular flexibility index (Phi) is 5.16. The number of thiazole rings is 1. The summed E-state index contributed by atoms with van der Waals surface area (Å²) in [5.74, 6) is -0.279. The zero-order chi connectivity index (χ0) is 17.1. The van der Waals surface area contributed by atoms with E-state index in [1.807, 2.05) is 29.2 Å². The maximum Gasteiger partial charge on any atom is 0.273 e. The highest BCUT2D eigenvalue weighted by Crippen LogP contribution is 2.27. The lowest BCUT2D eigenvalue weighted by Gasteiger charge is -2.24. The zero-order valence-electron chi connectivity index (χ0n) is 13.3. The summed E-state index contributed by atoms with van der Waals surface area (Å²) < 4.78 is 0. The number of likely N-dealkylation sites (tertiary alicyclic amines) is 1. The van der Waals surface area contributed by atoms with Crippen LogP contribution in [0.2, 0.25) is 5.02 Å². The molecule has 1 aromatic carbocycles. The molecule has 0 saturated carbocycles. The predicted octanol–water partition coefficient (Wildman–Crippen LogP) is 3.60. The van der Waals surface area contributed by atoms with Crippen molar-refractivity contribution < 1.29 is 9.59 Å². The van der Waals surface area contributed by atoms with Gasteiger partial charge < -0.3 is 10.2 Å². The Labute approximate surface area is 149 Å². The molecule has 7 heteroatoms. The van der Waals surface area contributed by atoms with Crippen molar-refractivity contribution in [3.8, 4) is 0 Å². The van der Waals surface area contributed by atoms with Crippen molar-refractivity contribution in [2.24, 2.45) is 0 Å². The van der Waals surface area contributed by atoms with Gasteiger partial charge in [-0.25, -0.2) is 4.98 Å². The van der Waals surface area contributed by atoms with Crippen LogP contribution in [0.3, 0.4) is 0 Å². The number of carbonyl (C=O) groups excluding carboxylic acids is 2. The maximum atomic E-state index is 12.8. The summed E-state index contributed by atoms with van der Waals surface area (Å²) in [4.78, 5) is 29.9. The van der Waals surface area contributed by atoms with Crippen molar-refractivity contribution in [1.29, 1.82) is 0 Å². The molecule has 0 spiro atoms. The van der Waals surface area contributed by atoms with E-state index in [1.165, 1.54) is 18.3 Å². The lowest BCUT2D eigenvalue weighted by atomic mass is 10.0. The van der Waals surface area contributed by atoms with Gasteiger partial charge in [-0.1, -0.05) is 29.8 Å². The van der Waals surface area contributed by atoms with Crippen molar-refractivity contribution in [2.45, 2.75) is 32.2 Å². The molecule has 0 unspecified atom stereocenters. The average molecular weight is 364 g/mol. The molecule has 2 amide bonds. The summed E-state index contributed by atoms with van der Waals surface area (Å²) >= 11 is 7.51. The molecule has 2 aromatic rings. The fourth-order valence-electron chi connectivity index (χ4n) is 2.96. The molecule has 1 aliphatic rings. The van der Waals surface area contributed by atoms with Gasteiger partial charge in [0.05, 0.1) is 0 Å². The summed E-state index contributed by atoms with van der Waals surface area (Å²) in [6, 6.07) is 7.87. The third kappa shape index (κ3) is 3.76. The Balaban J connectivity index is 1.73. The molecule has 24 heavy (non-hydrogen) atoms. The Morgan fingerprint density at radius 3 is 2.96 bits per heavy atom. The van der Waals surface area contributed by atoms with E-state index in [1.54, 1.807) is 5.38 Å². The first kappa shape index (κ1) is 16.9. The van der Waals surface area contributed by atoms with E-state index in [0.29, 0.717) is 10.8 Å². The lowest BCUT2D eigenvalue weighted by molar-refractivity contribution is -0.114. The number of halogens is 1. The minimum Gasteiger partial charge on any atom is -0.334 e. The van der Waals surface area contributed by atoms with Crippen molar-refractivity contribution in [2.75, 3.05) is 11.9 Å². The van der Waals surface area contributed by atoms with Crippen LogP contribution >= 0.6 is 22.9 Å². The Hall–Kier alpha value is -1.92. The number of nitrogens with zero attached hydrogens (tertiary/aromatic N) is 2. The second-order valence-corrected chi connectivity index (χ2v) is 7.07. The smallest absolute Gasteiger partial charge is 0.273 e. The molecule has 1 atom stereocenters. The second-order valence-electron chi connectivity index (χ2n) is 5.81. The van der Waals surface area contributed by atoms with Crippen molar-refractivity contribution >= 4 is 39.9 Å². The van der Waals surface area contributed by atoms with Crippen molar-refractivity contribution in [1.82, 2.24) is 9.88 Å². The number of anilines is 1. The van der Waals surface area contributed by atoms with Crippen LogP contribution in [0.1, 0.15) is 35.8 Å². The Bertz CT molecular complexity index is 762. The van der Waals surface area contributed by atoms with Crippen LogP contribution in [-0.4, -0.2) is 34.3 Å². The minimum absolute atomic E-state index is 0.0857. The van der Waals surface area contributed by atoms with E-state index in [0.717, 1.165) is 36.4 Å². The predicted molar refractivity (Wildman–Crippen MR) is 95.6 cm³/mol. The van der Waals surface area contributed by atoms with Crippen molar-refractivity contribution in [3.63, 3.8) is 0 Å². The van der Waals surface area contributed by atoms with Gasteiger partial charge in [-0.3, -0.25) is 9.59 Å². The summed E-state index contributed by atoms with van der Waals surface area (Å²) in [5.41, 5.74) is 1.44. The average Bonchev–Trinajstić information content (AvgIpc) is 3.18. The molecule has 0 aliphatic carbocycles. The molecule has 1 N–H and O–H groups in total. The summed E-state index contributed by atoms with van der Waals surface area (Å²) in [7, 11) is 0. The number of rotatable bonds is 4. The van der Waals surface area contributed by atoms with Gasteiger partial charge in [-0.05, 0) is 30.9 Å². The van der Waals surface area contributed by atoms with Gasteiger partial charge in [0.1, 0.15) is 5.69 Å². The van der Waals surface area contributed by atoms with Gasteiger partial charge >= 0.3 is 0 Å². The largest absolute Gasteiger partial charge is 0.334 e. The molecular weight excluding hydrogens is 346 g/mol. The van der Waals surface area contributed by atoms with Gasteiger partial charge in [-0.15, -0.1) is 11.3 Å². The third-order valence-corrected chi connectivity index (χ3v) is 5.18. The van der Waals surface area contributed by atoms with Gasteiger partial charge in [0.15, 0.2) is 5.13 Å². The molecule has 0 bridgehead atoms. The van der Waals surface area contributed by atoms with Crippen molar-refractivity contribution in [3.05, 3.63) is 45.9 Å². The molecule has 3 rings (SSSR count). The number of aromatic nitrogens is 1. The second kappa shape index (κ2) is 7.32. The maximum absolute atomic E-state index is 12.8. The third-order valence-electron chi connectivity index (χ3n) is 4.06. The number of nitrogens with one attached hydrogen (secondary N) is 1. The lowest BCUT2D eigenvalue weighted by Crippen LogP contribution is -2.37.